The van der Waals surface area contributed by atoms with Gasteiger partial charge in [-0.15, -0.1) is 5.10 Å². The van der Waals surface area contributed by atoms with Crippen LogP contribution >= 0.6 is 0 Å². The smallest absolute Gasteiger partial charge is 0.315 e. The Labute approximate surface area is 179 Å². The molecule has 6 nitrogen and oxygen atoms in total. The number of hydrogen-bond acceptors (Lipinski definition) is 6. The number of aromatic nitrogens is 2. The Morgan fingerprint density at radius 3 is 2.39 bits per heavy atom. The molecule has 1 aromatic heterocycles. The summed E-state index contributed by atoms with van der Waals surface area (Å²) in [6, 6.07) is 6.86. The molecule has 0 aliphatic carbocycles. The largest absolute Gasteiger partial charge is 0.403 e. The van der Waals surface area contributed by atoms with Gasteiger partial charge in [0.25, 0.3) is 5.89 Å². The second kappa shape index (κ2) is 9.38. The summed E-state index contributed by atoms with van der Waals surface area (Å²) < 4.78 is 48.6. The molecular formula is C22H26F3N5O. The molecule has 0 saturated heterocycles. The van der Waals surface area contributed by atoms with Gasteiger partial charge in [-0.25, -0.2) is 13.2 Å². The predicted octanol–water partition coefficient (Wildman–Crippen LogP) is 5.39. The number of rotatable bonds is 9. The van der Waals surface area contributed by atoms with E-state index in [1.807, 2.05) is 20.8 Å². The highest BCUT2D eigenvalue weighted by molar-refractivity contribution is 5.78. The third kappa shape index (κ3) is 4.99. The Hall–Kier alpha value is -3.07. The summed E-state index contributed by atoms with van der Waals surface area (Å²) in [5.74, 6) is -2.90. The van der Waals surface area contributed by atoms with Crippen LogP contribution in [0.25, 0.3) is 11.5 Å². The summed E-state index contributed by atoms with van der Waals surface area (Å²) in [5.41, 5.74) is 6.40. The minimum atomic E-state index is -1.18. The number of hydrogen-bond donors (Lipinski definition) is 3. The summed E-state index contributed by atoms with van der Waals surface area (Å²) >= 11 is 0. The van der Waals surface area contributed by atoms with Gasteiger partial charge in [-0.1, -0.05) is 31.9 Å². The molecule has 4 N–H and O–H groups in total. The van der Waals surface area contributed by atoms with E-state index in [9.17, 15) is 13.2 Å². The average Bonchev–Trinajstić information content (AvgIpc) is 3.25. The van der Waals surface area contributed by atoms with Crippen molar-refractivity contribution in [1.82, 2.24) is 10.2 Å². The Morgan fingerprint density at radius 1 is 1.00 bits per heavy atom. The molecule has 0 aliphatic heterocycles. The first-order chi connectivity index (χ1) is 14.8. The summed E-state index contributed by atoms with van der Waals surface area (Å²) in [7, 11) is 0. The monoisotopic (exact) mass is 433 g/mol. The standard InChI is InChI=1S/C22H26F3N5O/c1-4-13-7-10-17(16(24)11-13)28-19-14(8-9-15(23)18(19)25)20-29-30-21(31-20)27-12-22(26,5-2)6-3/h7-11,28H,4-6,12,26H2,1-3H3,(H,27,30). The van der Waals surface area contributed by atoms with Crippen molar-refractivity contribution in [3.8, 4) is 11.5 Å². The van der Waals surface area contributed by atoms with Gasteiger partial charge < -0.3 is 20.8 Å². The minimum Gasteiger partial charge on any atom is -0.403 e. The topological polar surface area (TPSA) is 89.0 Å². The fourth-order valence-electron chi connectivity index (χ4n) is 3.02. The Balaban J connectivity index is 1.91. The van der Waals surface area contributed by atoms with E-state index < -0.39 is 23.0 Å². The zero-order valence-corrected chi connectivity index (χ0v) is 17.7. The van der Waals surface area contributed by atoms with Crippen LogP contribution in [0.1, 0.15) is 39.2 Å². The van der Waals surface area contributed by atoms with Crippen LogP contribution in [0.3, 0.4) is 0 Å². The molecule has 0 atom stereocenters. The maximum absolute atomic E-state index is 14.6. The SMILES string of the molecule is CCc1ccc(Nc2c(-c3nnc(NCC(N)(CC)CC)o3)ccc(F)c2F)c(F)c1. The van der Waals surface area contributed by atoms with Crippen LogP contribution < -0.4 is 16.4 Å². The highest BCUT2D eigenvalue weighted by Crippen LogP contribution is 2.34. The van der Waals surface area contributed by atoms with Crippen molar-refractivity contribution in [2.45, 2.75) is 45.6 Å². The van der Waals surface area contributed by atoms with Crippen LogP contribution in [-0.2, 0) is 6.42 Å². The normalized spacial score (nSPS) is 11.6. The van der Waals surface area contributed by atoms with E-state index in [-0.39, 0.29) is 28.8 Å². The van der Waals surface area contributed by atoms with Crippen LogP contribution in [0.15, 0.2) is 34.7 Å². The fraction of sp³-hybridized carbons (Fsp3) is 0.364. The first-order valence-corrected chi connectivity index (χ1v) is 10.2. The molecule has 1 heterocycles. The fourth-order valence-corrected chi connectivity index (χ4v) is 3.02. The van der Waals surface area contributed by atoms with Gasteiger partial charge >= 0.3 is 6.01 Å². The van der Waals surface area contributed by atoms with E-state index in [4.69, 9.17) is 10.2 Å². The number of nitrogens with two attached hydrogens (primary N) is 1. The van der Waals surface area contributed by atoms with Crippen LogP contribution in [0.5, 0.6) is 0 Å². The lowest BCUT2D eigenvalue weighted by atomic mass is 9.94. The molecule has 3 aromatic rings. The van der Waals surface area contributed by atoms with Crippen molar-refractivity contribution in [2.24, 2.45) is 5.73 Å². The lowest BCUT2D eigenvalue weighted by molar-refractivity contribution is 0.412. The molecule has 0 aliphatic rings. The second-order valence-electron chi connectivity index (χ2n) is 7.41. The third-order valence-corrected chi connectivity index (χ3v) is 5.45. The Kier molecular flexibility index (Phi) is 6.84. The van der Waals surface area contributed by atoms with Crippen LogP contribution in [0, 0.1) is 17.5 Å². The van der Waals surface area contributed by atoms with Gasteiger partial charge in [0.15, 0.2) is 11.6 Å². The van der Waals surface area contributed by atoms with Crippen molar-refractivity contribution in [1.29, 1.82) is 0 Å². The number of anilines is 3. The van der Waals surface area contributed by atoms with Crippen LogP contribution in [0.2, 0.25) is 0 Å². The van der Waals surface area contributed by atoms with Gasteiger partial charge in [-0.2, -0.15) is 0 Å². The van der Waals surface area contributed by atoms with E-state index in [2.05, 4.69) is 20.8 Å². The van der Waals surface area contributed by atoms with Gasteiger partial charge in [0.1, 0.15) is 5.82 Å². The highest BCUT2D eigenvalue weighted by atomic mass is 19.2. The Morgan fingerprint density at radius 2 is 1.74 bits per heavy atom. The molecule has 0 saturated carbocycles. The average molecular weight is 433 g/mol. The number of nitrogens with one attached hydrogen (secondary N) is 2. The van der Waals surface area contributed by atoms with E-state index >= 15 is 0 Å². The third-order valence-electron chi connectivity index (χ3n) is 5.45. The van der Waals surface area contributed by atoms with Gasteiger partial charge in [0.05, 0.1) is 16.9 Å². The quantitative estimate of drug-likeness (QED) is 0.419. The molecule has 166 valence electrons. The molecule has 0 amide bonds. The van der Waals surface area contributed by atoms with Crippen molar-refractivity contribution < 1.29 is 17.6 Å². The van der Waals surface area contributed by atoms with E-state index in [1.54, 1.807) is 6.07 Å². The van der Waals surface area contributed by atoms with E-state index in [0.717, 1.165) is 24.5 Å². The number of nitrogens with zero attached hydrogens (tertiary/aromatic N) is 2. The molecule has 0 spiro atoms. The lowest BCUT2D eigenvalue weighted by Crippen LogP contribution is -2.45. The summed E-state index contributed by atoms with van der Waals surface area (Å²) in [5, 5.41) is 13.4. The lowest BCUT2D eigenvalue weighted by Gasteiger charge is -2.26. The summed E-state index contributed by atoms with van der Waals surface area (Å²) in [6.07, 6.45) is 2.14. The molecule has 0 unspecified atom stereocenters. The Bertz CT molecular complexity index is 1050. The summed E-state index contributed by atoms with van der Waals surface area (Å²) in [6.45, 7) is 6.26. The maximum Gasteiger partial charge on any atom is 0.315 e. The van der Waals surface area contributed by atoms with E-state index in [1.165, 1.54) is 18.2 Å². The van der Waals surface area contributed by atoms with Crippen LogP contribution in [-0.4, -0.2) is 22.3 Å². The first kappa shape index (κ1) is 22.6. The first-order valence-electron chi connectivity index (χ1n) is 10.2. The zero-order valence-electron chi connectivity index (χ0n) is 17.7. The van der Waals surface area contributed by atoms with Crippen molar-refractivity contribution in [3.05, 3.63) is 53.3 Å². The molecule has 0 bridgehead atoms. The van der Waals surface area contributed by atoms with Gasteiger partial charge in [0, 0.05) is 12.1 Å². The second-order valence-corrected chi connectivity index (χ2v) is 7.41. The molecule has 2 aromatic carbocycles. The van der Waals surface area contributed by atoms with Gasteiger partial charge in [-0.05, 0) is 49.1 Å². The van der Waals surface area contributed by atoms with Crippen molar-refractivity contribution in [2.75, 3.05) is 17.2 Å². The number of benzene rings is 2. The van der Waals surface area contributed by atoms with Crippen molar-refractivity contribution in [3.63, 3.8) is 0 Å². The minimum absolute atomic E-state index is 0.000351. The molecule has 9 heteroatoms. The number of halogens is 3. The molecule has 0 radical (unpaired) electrons. The van der Waals surface area contributed by atoms with E-state index in [0.29, 0.717) is 13.0 Å². The van der Waals surface area contributed by atoms with Crippen molar-refractivity contribution >= 4 is 17.4 Å². The zero-order chi connectivity index (χ0) is 22.6. The van der Waals surface area contributed by atoms with Crippen LogP contribution in [0.4, 0.5) is 30.6 Å². The molecule has 31 heavy (non-hydrogen) atoms. The molecule has 3 rings (SSSR count). The number of aryl methyl sites for hydroxylation is 1. The summed E-state index contributed by atoms with van der Waals surface area (Å²) in [4.78, 5) is 0. The molecular weight excluding hydrogens is 407 g/mol. The predicted molar refractivity (Wildman–Crippen MR) is 115 cm³/mol. The van der Waals surface area contributed by atoms with Gasteiger partial charge in [0.2, 0.25) is 0 Å². The highest BCUT2D eigenvalue weighted by Gasteiger charge is 2.23. The maximum atomic E-state index is 14.6. The van der Waals surface area contributed by atoms with Gasteiger partial charge in [-0.3, -0.25) is 0 Å². The molecule has 0 fully saturated rings.